The molecule has 3 rings (SSSR count). The van der Waals surface area contributed by atoms with E-state index in [4.69, 9.17) is 0 Å². The Labute approximate surface area is 111 Å². The molecule has 2 bridgehead atoms. The largest absolute Gasteiger partial charge is 0.354 e. The molecule has 0 amide bonds. The molecule has 1 aliphatic heterocycles. The fraction of sp³-hybridized carbons (Fsp3) is 0.667. The number of nitro groups is 1. The molecule has 2 aliphatic rings. The van der Waals surface area contributed by atoms with Crippen LogP contribution in [0.4, 0.5) is 17.5 Å². The van der Waals surface area contributed by atoms with Crippen molar-refractivity contribution in [1.82, 2.24) is 9.97 Å². The second kappa shape index (κ2) is 4.64. The lowest BCUT2D eigenvalue weighted by molar-refractivity contribution is -0.384. The van der Waals surface area contributed by atoms with Gasteiger partial charge in [0.1, 0.15) is 6.20 Å². The van der Waals surface area contributed by atoms with Gasteiger partial charge in [0.25, 0.3) is 0 Å². The summed E-state index contributed by atoms with van der Waals surface area (Å²) in [6, 6.07) is 0.410. The van der Waals surface area contributed by atoms with Crippen LogP contribution < -0.4 is 10.2 Å². The second-order valence-corrected chi connectivity index (χ2v) is 5.18. The van der Waals surface area contributed by atoms with Crippen molar-refractivity contribution in [2.45, 2.75) is 32.2 Å². The van der Waals surface area contributed by atoms with E-state index in [0.29, 0.717) is 30.3 Å². The summed E-state index contributed by atoms with van der Waals surface area (Å²) in [5, 5.41) is 14.1. The fourth-order valence-corrected chi connectivity index (χ4v) is 3.13. The Morgan fingerprint density at radius 3 is 3.00 bits per heavy atom. The molecule has 2 fully saturated rings. The van der Waals surface area contributed by atoms with E-state index in [1.54, 1.807) is 0 Å². The lowest BCUT2D eigenvalue weighted by Gasteiger charge is -2.27. The first-order valence-corrected chi connectivity index (χ1v) is 6.71. The van der Waals surface area contributed by atoms with E-state index in [1.807, 2.05) is 6.92 Å². The van der Waals surface area contributed by atoms with Gasteiger partial charge < -0.3 is 10.2 Å². The van der Waals surface area contributed by atoms with Crippen LogP contribution in [-0.2, 0) is 0 Å². The third-order valence-corrected chi connectivity index (χ3v) is 3.96. The van der Waals surface area contributed by atoms with E-state index in [-0.39, 0.29) is 5.69 Å². The Balaban J connectivity index is 1.97. The van der Waals surface area contributed by atoms with Crippen LogP contribution in [0, 0.1) is 16.0 Å². The Kier molecular flexibility index (Phi) is 2.96. The van der Waals surface area contributed by atoms with Crippen molar-refractivity contribution in [1.29, 1.82) is 0 Å². The summed E-state index contributed by atoms with van der Waals surface area (Å²) in [6.45, 7) is 3.53. The smallest absolute Gasteiger partial charge is 0.329 e. The van der Waals surface area contributed by atoms with E-state index in [0.717, 1.165) is 19.4 Å². The molecule has 2 atom stereocenters. The van der Waals surface area contributed by atoms with E-state index in [9.17, 15) is 10.1 Å². The molecule has 1 saturated carbocycles. The standard InChI is InChI=1S/C12H17N5O2/c1-2-13-12-14-6-10(17(18)19)11(15-12)16-7-8-3-4-9(16)5-8/h6,8-9H,2-5,7H2,1H3,(H,13,14,15). The number of nitrogens with zero attached hydrogens (tertiary/aromatic N) is 4. The zero-order valence-corrected chi connectivity index (χ0v) is 10.9. The highest BCUT2D eigenvalue weighted by atomic mass is 16.6. The van der Waals surface area contributed by atoms with E-state index in [2.05, 4.69) is 20.2 Å². The summed E-state index contributed by atoms with van der Waals surface area (Å²) >= 11 is 0. The van der Waals surface area contributed by atoms with E-state index in [1.165, 1.54) is 12.6 Å². The average molecular weight is 263 g/mol. The maximum atomic E-state index is 11.1. The molecule has 1 saturated heterocycles. The molecule has 1 aliphatic carbocycles. The van der Waals surface area contributed by atoms with Gasteiger partial charge in [0.05, 0.1) is 4.92 Å². The number of piperidine rings is 1. The fourth-order valence-electron chi connectivity index (χ4n) is 3.13. The van der Waals surface area contributed by atoms with Crippen molar-refractivity contribution < 1.29 is 4.92 Å². The van der Waals surface area contributed by atoms with Gasteiger partial charge in [-0.15, -0.1) is 0 Å². The van der Waals surface area contributed by atoms with Gasteiger partial charge in [-0.25, -0.2) is 4.98 Å². The first-order valence-electron chi connectivity index (χ1n) is 6.71. The molecule has 102 valence electrons. The van der Waals surface area contributed by atoms with Gasteiger partial charge >= 0.3 is 5.69 Å². The van der Waals surface area contributed by atoms with Crippen molar-refractivity contribution in [3.63, 3.8) is 0 Å². The predicted octanol–water partition coefficient (Wildman–Crippen LogP) is 1.81. The highest BCUT2D eigenvalue weighted by molar-refractivity contribution is 5.60. The van der Waals surface area contributed by atoms with Crippen molar-refractivity contribution in [2.75, 3.05) is 23.3 Å². The van der Waals surface area contributed by atoms with Gasteiger partial charge in [-0.3, -0.25) is 10.1 Å². The maximum Gasteiger partial charge on any atom is 0.329 e. The third-order valence-electron chi connectivity index (χ3n) is 3.96. The third kappa shape index (κ3) is 2.09. The zero-order valence-electron chi connectivity index (χ0n) is 10.9. The number of hydrogen-bond acceptors (Lipinski definition) is 6. The summed E-state index contributed by atoms with van der Waals surface area (Å²) in [5.74, 6) is 1.61. The van der Waals surface area contributed by atoms with Crippen LogP contribution in [0.3, 0.4) is 0 Å². The topological polar surface area (TPSA) is 84.2 Å². The minimum atomic E-state index is -0.392. The molecule has 0 spiro atoms. The molecule has 0 radical (unpaired) electrons. The summed E-state index contributed by atoms with van der Waals surface area (Å²) in [5.41, 5.74) is 0.00852. The van der Waals surface area contributed by atoms with Crippen LogP contribution in [0.1, 0.15) is 26.2 Å². The molecule has 1 N–H and O–H groups in total. The average Bonchev–Trinajstić information content (AvgIpc) is 3.01. The van der Waals surface area contributed by atoms with Gasteiger partial charge in [0.2, 0.25) is 11.8 Å². The van der Waals surface area contributed by atoms with Crippen molar-refractivity contribution in [3.8, 4) is 0 Å². The van der Waals surface area contributed by atoms with Crippen LogP contribution in [-0.4, -0.2) is 34.0 Å². The molecular formula is C12H17N5O2. The van der Waals surface area contributed by atoms with Crippen LogP contribution in [0.25, 0.3) is 0 Å². The quantitative estimate of drug-likeness (QED) is 0.658. The summed E-state index contributed by atoms with van der Waals surface area (Å²) in [4.78, 5) is 21.2. The van der Waals surface area contributed by atoms with Crippen molar-refractivity contribution >= 4 is 17.5 Å². The molecule has 2 heterocycles. The summed E-state index contributed by atoms with van der Waals surface area (Å²) < 4.78 is 0. The van der Waals surface area contributed by atoms with Gasteiger partial charge in [-0.1, -0.05) is 0 Å². The maximum absolute atomic E-state index is 11.1. The number of nitrogens with one attached hydrogen (secondary N) is 1. The Morgan fingerprint density at radius 1 is 1.58 bits per heavy atom. The van der Waals surface area contributed by atoms with Crippen LogP contribution in [0.15, 0.2) is 6.20 Å². The molecule has 19 heavy (non-hydrogen) atoms. The van der Waals surface area contributed by atoms with Gasteiger partial charge in [0.15, 0.2) is 0 Å². The molecule has 1 aromatic rings. The lowest BCUT2D eigenvalue weighted by atomic mass is 10.1. The lowest BCUT2D eigenvalue weighted by Crippen LogP contribution is -2.33. The van der Waals surface area contributed by atoms with Crippen LogP contribution in [0.5, 0.6) is 0 Å². The van der Waals surface area contributed by atoms with Gasteiger partial charge in [0, 0.05) is 19.1 Å². The SMILES string of the molecule is CCNc1ncc([N+](=O)[O-])c(N2CC3CCC2C3)n1. The zero-order chi connectivity index (χ0) is 13.4. The summed E-state index contributed by atoms with van der Waals surface area (Å²) in [7, 11) is 0. The van der Waals surface area contributed by atoms with E-state index >= 15 is 0 Å². The molecule has 1 aromatic heterocycles. The van der Waals surface area contributed by atoms with Crippen molar-refractivity contribution in [3.05, 3.63) is 16.3 Å². The van der Waals surface area contributed by atoms with Crippen LogP contribution in [0.2, 0.25) is 0 Å². The summed E-state index contributed by atoms with van der Waals surface area (Å²) in [6.07, 6.45) is 4.80. The molecule has 7 heteroatoms. The molecule has 0 aromatic carbocycles. The normalized spacial score (nSPS) is 24.8. The first kappa shape index (κ1) is 12.1. The highest BCUT2D eigenvalue weighted by Crippen LogP contribution is 2.42. The predicted molar refractivity (Wildman–Crippen MR) is 71.3 cm³/mol. The minimum absolute atomic E-state index is 0.00852. The Hall–Kier alpha value is -1.92. The highest BCUT2D eigenvalue weighted by Gasteiger charge is 2.41. The molecule has 2 unspecified atom stereocenters. The number of hydrogen-bond donors (Lipinski definition) is 1. The first-order chi connectivity index (χ1) is 9.19. The molecule has 7 nitrogen and oxygen atoms in total. The van der Waals surface area contributed by atoms with Gasteiger partial charge in [-0.05, 0) is 32.1 Å². The van der Waals surface area contributed by atoms with Crippen LogP contribution >= 0.6 is 0 Å². The number of aromatic nitrogens is 2. The monoisotopic (exact) mass is 263 g/mol. The Bertz CT molecular complexity index is 507. The second-order valence-electron chi connectivity index (χ2n) is 5.18. The minimum Gasteiger partial charge on any atom is -0.354 e. The van der Waals surface area contributed by atoms with Gasteiger partial charge in [-0.2, -0.15) is 4.98 Å². The number of rotatable bonds is 4. The van der Waals surface area contributed by atoms with Crippen molar-refractivity contribution in [2.24, 2.45) is 5.92 Å². The molecular weight excluding hydrogens is 246 g/mol. The Morgan fingerprint density at radius 2 is 2.42 bits per heavy atom. The number of anilines is 2. The number of fused-ring (bicyclic) bond motifs is 2. The van der Waals surface area contributed by atoms with E-state index < -0.39 is 4.92 Å².